The molecule has 0 heterocycles. The van der Waals surface area contributed by atoms with E-state index in [2.05, 4.69) is 15.4 Å². The van der Waals surface area contributed by atoms with Gasteiger partial charge in [0, 0.05) is 19.3 Å². The zero-order chi connectivity index (χ0) is 20.9. The first-order valence-electron chi connectivity index (χ1n) is 8.28. The molecular weight excluding hydrogens is 395 g/mol. The third-order valence-electron chi connectivity index (χ3n) is 4.05. The lowest BCUT2D eigenvalue weighted by molar-refractivity contribution is -0.137. The van der Waals surface area contributed by atoms with Crippen LogP contribution in [0.25, 0.3) is 0 Å². The van der Waals surface area contributed by atoms with Crippen molar-refractivity contribution in [3.8, 4) is 0 Å². The summed E-state index contributed by atoms with van der Waals surface area (Å²) in [5.74, 6) is -0.467. The molecule has 0 saturated heterocycles. The lowest BCUT2D eigenvalue weighted by Gasteiger charge is -2.13. The molecule has 0 saturated carbocycles. The number of anilines is 1. The van der Waals surface area contributed by atoms with E-state index in [1.807, 2.05) is 0 Å². The van der Waals surface area contributed by atoms with Crippen molar-refractivity contribution in [2.75, 3.05) is 26.0 Å². The lowest BCUT2D eigenvalue weighted by atomic mass is 10.1. The second kappa shape index (κ2) is 8.61. The Balaban J connectivity index is 2.14. The van der Waals surface area contributed by atoms with E-state index in [1.54, 1.807) is 0 Å². The Morgan fingerprint density at radius 3 is 2.21 bits per heavy atom. The molecule has 152 valence electrons. The fourth-order valence-electron chi connectivity index (χ4n) is 2.49. The molecule has 3 N–H and O–H groups in total. The summed E-state index contributed by atoms with van der Waals surface area (Å²) in [6.45, 7) is 0.341. The predicted molar refractivity (Wildman–Crippen MR) is 99.7 cm³/mol. The van der Waals surface area contributed by atoms with E-state index in [4.69, 9.17) is 0 Å². The van der Waals surface area contributed by atoms with Gasteiger partial charge in [-0.15, -0.1) is 0 Å². The van der Waals surface area contributed by atoms with Crippen molar-refractivity contribution in [2.45, 2.75) is 17.5 Å². The summed E-state index contributed by atoms with van der Waals surface area (Å²) in [5, 5.41) is 5.47. The minimum absolute atomic E-state index is 0.0538. The van der Waals surface area contributed by atoms with Crippen LogP contribution in [0.5, 0.6) is 0 Å². The highest BCUT2D eigenvalue weighted by Gasteiger charge is 2.29. The van der Waals surface area contributed by atoms with Crippen molar-refractivity contribution in [2.24, 2.45) is 0 Å². The molecule has 0 aliphatic heterocycles. The van der Waals surface area contributed by atoms with Crippen LogP contribution in [-0.2, 0) is 22.6 Å². The Bertz CT molecular complexity index is 943. The van der Waals surface area contributed by atoms with Crippen LogP contribution in [0, 0.1) is 0 Å². The van der Waals surface area contributed by atoms with Crippen molar-refractivity contribution in [1.82, 2.24) is 10.0 Å². The van der Waals surface area contributed by atoms with E-state index in [0.717, 1.165) is 12.1 Å². The Kier molecular flexibility index (Phi) is 6.68. The van der Waals surface area contributed by atoms with Crippen LogP contribution in [-0.4, -0.2) is 35.0 Å². The van der Waals surface area contributed by atoms with Crippen LogP contribution in [0.3, 0.4) is 0 Å². The molecule has 0 aliphatic rings. The van der Waals surface area contributed by atoms with Crippen LogP contribution >= 0.6 is 0 Å². The number of alkyl halides is 3. The minimum atomic E-state index is -4.38. The molecule has 0 radical (unpaired) electrons. The van der Waals surface area contributed by atoms with Crippen LogP contribution < -0.4 is 15.4 Å². The van der Waals surface area contributed by atoms with Gasteiger partial charge in [-0.25, -0.2) is 13.1 Å². The summed E-state index contributed by atoms with van der Waals surface area (Å²) < 4.78 is 63.8. The van der Waals surface area contributed by atoms with Crippen molar-refractivity contribution in [3.63, 3.8) is 0 Å². The Labute approximate surface area is 161 Å². The van der Waals surface area contributed by atoms with E-state index in [1.165, 1.54) is 44.4 Å². The largest absolute Gasteiger partial charge is 0.416 e. The number of rotatable bonds is 7. The molecule has 0 bridgehead atoms. The van der Waals surface area contributed by atoms with Gasteiger partial charge in [0.15, 0.2) is 0 Å². The highest BCUT2D eigenvalue weighted by molar-refractivity contribution is 7.89. The molecular formula is C18H20F3N3O3S. The number of carbonyl (C=O) groups is 1. The topological polar surface area (TPSA) is 87.3 Å². The van der Waals surface area contributed by atoms with E-state index < -0.39 is 27.7 Å². The number of halogens is 3. The molecule has 6 nitrogen and oxygen atoms in total. The van der Waals surface area contributed by atoms with Gasteiger partial charge in [-0.2, -0.15) is 13.2 Å². The number of benzene rings is 2. The summed E-state index contributed by atoms with van der Waals surface area (Å²) >= 11 is 0. The summed E-state index contributed by atoms with van der Waals surface area (Å²) in [7, 11) is -1.02. The summed E-state index contributed by atoms with van der Waals surface area (Å²) in [6, 6.07) is 8.91. The van der Waals surface area contributed by atoms with E-state index in [9.17, 15) is 26.4 Å². The monoisotopic (exact) mass is 415 g/mol. The Hall–Kier alpha value is -2.59. The fourth-order valence-corrected chi connectivity index (χ4v) is 3.24. The number of nitrogens with one attached hydrogen (secondary N) is 3. The standard InChI is InChI=1S/C18H20F3N3O3S/c1-22-17(25)15-11-14(28(26,27)23-2)7-8-16(15)24-10-9-12-3-5-13(6-4-12)18(19,20)21/h3-8,11,23-24H,9-10H2,1-2H3,(H,22,25). The summed E-state index contributed by atoms with van der Waals surface area (Å²) in [5.41, 5.74) is 0.538. The minimum Gasteiger partial charge on any atom is -0.384 e. The summed E-state index contributed by atoms with van der Waals surface area (Å²) in [4.78, 5) is 12.0. The maximum atomic E-state index is 12.6. The first-order chi connectivity index (χ1) is 13.1. The van der Waals surface area contributed by atoms with Gasteiger partial charge in [0.05, 0.1) is 16.0 Å². The quantitative estimate of drug-likeness (QED) is 0.649. The Morgan fingerprint density at radius 2 is 1.68 bits per heavy atom. The SMILES string of the molecule is CNC(=O)c1cc(S(=O)(=O)NC)ccc1NCCc1ccc(C(F)(F)F)cc1. The first kappa shape index (κ1) is 21.7. The number of amides is 1. The molecule has 2 aromatic carbocycles. The molecule has 0 fully saturated rings. The third kappa shape index (κ3) is 5.23. The van der Waals surface area contributed by atoms with Gasteiger partial charge < -0.3 is 10.6 Å². The van der Waals surface area contributed by atoms with E-state index in [-0.39, 0.29) is 10.5 Å². The highest BCUT2D eigenvalue weighted by atomic mass is 32.2. The van der Waals surface area contributed by atoms with Crippen molar-refractivity contribution in [1.29, 1.82) is 0 Å². The fraction of sp³-hybridized carbons (Fsp3) is 0.278. The molecule has 0 aliphatic carbocycles. The summed E-state index contributed by atoms with van der Waals surface area (Å²) in [6.07, 6.45) is -3.96. The van der Waals surface area contributed by atoms with Gasteiger partial charge in [0.2, 0.25) is 10.0 Å². The van der Waals surface area contributed by atoms with Crippen LogP contribution in [0.4, 0.5) is 18.9 Å². The molecule has 0 atom stereocenters. The van der Waals surface area contributed by atoms with E-state index in [0.29, 0.717) is 24.2 Å². The van der Waals surface area contributed by atoms with Gasteiger partial charge in [0.1, 0.15) is 0 Å². The maximum Gasteiger partial charge on any atom is 0.416 e. The van der Waals surface area contributed by atoms with Crippen molar-refractivity contribution < 1.29 is 26.4 Å². The molecule has 10 heteroatoms. The molecule has 0 spiro atoms. The molecule has 0 unspecified atom stereocenters. The van der Waals surface area contributed by atoms with Crippen molar-refractivity contribution in [3.05, 3.63) is 59.2 Å². The van der Waals surface area contributed by atoms with Gasteiger partial charge in [0.25, 0.3) is 5.91 Å². The smallest absolute Gasteiger partial charge is 0.384 e. The van der Waals surface area contributed by atoms with Crippen LogP contribution in [0.2, 0.25) is 0 Å². The number of sulfonamides is 1. The van der Waals surface area contributed by atoms with Gasteiger partial charge >= 0.3 is 6.18 Å². The number of carbonyl (C=O) groups excluding carboxylic acids is 1. The molecule has 2 aromatic rings. The van der Waals surface area contributed by atoms with Crippen molar-refractivity contribution >= 4 is 21.6 Å². The zero-order valence-electron chi connectivity index (χ0n) is 15.2. The van der Waals surface area contributed by atoms with Gasteiger partial charge in [-0.05, 0) is 49.4 Å². The second-order valence-electron chi connectivity index (χ2n) is 5.87. The average molecular weight is 415 g/mol. The van der Waals surface area contributed by atoms with Crippen LogP contribution in [0.15, 0.2) is 47.4 Å². The number of hydrogen-bond acceptors (Lipinski definition) is 4. The van der Waals surface area contributed by atoms with E-state index >= 15 is 0 Å². The normalized spacial score (nSPS) is 11.9. The first-order valence-corrected chi connectivity index (χ1v) is 9.76. The third-order valence-corrected chi connectivity index (χ3v) is 5.46. The molecule has 2 rings (SSSR count). The average Bonchev–Trinajstić information content (AvgIpc) is 2.67. The molecule has 1 amide bonds. The van der Waals surface area contributed by atoms with Gasteiger partial charge in [-0.1, -0.05) is 12.1 Å². The number of hydrogen-bond donors (Lipinski definition) is 3. The van der Waals surface area contributed by atoms with Gasteiger partial charge in [-0.3, -0.25) is 4.79 Å². The maximum absolute atomic E-state index is 12.6. The van der Waals surface area contributed by atoms with Crippen LogP contribution in [0.1, 0.15) is 21.5 Å². The second-order valence-corrected chi connectivity index (χ2v) is 7.75. The highest BCUT2D eigenvalue weighted by Crippen LogP contribution is 2.29. The molecule has 0 aromatic heterocycles. The lowest BCUT2D eigenvalue weighted by Crippen LogP contribution is -2.23. The molecule has 28 heavy (non-hydrogen) atoms. The predicted octanol–water partition coefficient (Wildman–Crippen LogP) is 2.63. The Morgan fingerprint density at radius 1 is 1.04 bits per heavy atom. The zero-order valence-corrected chi connectivity index (χ0v) is 16.0.